The molecule has 0 radical (unpaired) electrons. The van der Waals surface area contributed by atoms with E-state index in [2.05, 4.69) is 59.7 Å². The van der Waals surface area contributed by atoms with Crippen LogP contribution in [-0.4, -0.2) is 52.2 Å². The Kier molecular flexibility index (Phi) is 9.85. The van der Waals surface area contributed by atoms with Gasteiger partial charge in [-0.15, -0.1) is 0 Å². The highest BCUT2D eigenvalue weighted by molar-refractivity contribution is 8.23. The molecule has 0 N–H and O–H groups in total. The van der Waals surface area contributed by atoms with E-state index < -0.39 is 0 Å². The zero-order valence-electron chi connectivity index (χ0n) is 31.4. The molecule has 6 rings (SSSR count). The van der Waals surface area contributed by atoms with Gasteiger partial charge in [-0.05, 0) is 116 Å². The van der Waals surface area contributed by atoms with Crippen molar-refractivity contribution in [2.75, 3.05) is 19.4 Å². The van der Waals surface area contributed by atoms with Crippen LogP contribution in [0.2, 0.25) is 0 Å². The minimum atomic E-state index is -0.378. The Morgan fingerprint density at radius 2 is 1.71 bits per heavy atom. The van der Waals surface area contributed by atoms with Crippen LogP contribution in [0.1, 0.15) is 138 Å². The van der Waals surface area contributed by atoms with Crippen LogP contribution in [0, 0.1) is 50.2 Å². The summed E-state index contributed by atoms with van der Waals surface area (Å²) in [5.74, 6) is 1.52. The topological polar surface area (TPSA) is 85.3 Å². The van der Waals surface area contributed by atoms with E-state index in [1.807, 2.05) is 0 Å². The summed E-state index contributed by atoms with van der Waals surface area (Å²) >= 11 is 6.68. The number of ether oxygens (including phenoxy) is 1. The summed E-state index contributed by atoms with van der Waals surface area (Å²) in [5, 5.41) is 4.57. The predicted molar refractivity (Wildman–Crippen MR) is 200 cm³/mol. The maximum absolute atomic E-state index is 13.5. The van der Waals surface area contributed by atoms with E-state index in [9.17, 15) is 14.4 Å². The molecule has 6 aliphatic rings. The molecule has 0 bridgehead atoms. The number of thioether (sulfide) groups is 1. The highest BCUT2D eigenvalue weighted by Gasteiger charge is 2.69. The Hall–Kier alpha value is -1.74. The number of allylic oxidation sites excluding steroid dienone is 2. The first-order valence-corrected chi connectivity index (χ1v) is 20.4. The number of thiocarbonyl (C=S) groups is 1. The average molecular weight is 713 g/mol. The SMILES string of the molecule is COC(=O)[C@]12CCC(C)(C)C[C@@H]1C1=CC[C@@H]3[C@@]4(C)CC/C(=N/OC(=O)CCCCCN5C(=O)CSC5=S)C(C)(C)[C@@H]4CC[C@@]3(C)[C@]1(C)CC2. The fourth-order valence-electron chi connectivity index (χ4n) is 12.3. The molecule has 0 unspecified atom stereocenters. The van der Waals surface area contributed by atoms with Crippen LogP contribution in [0.3, 0.4) is 0 Å². The van der Waals surface area contributed by atoms with Crippen molar-refractivity contribution < 1.29 is 24.0 Å². The fraction of sp³-hybridized carbons (Fsp3) is 0.825. The summed E-state index contributed by atoms with van der Waals surface area (Å²) in [6.07, 6.45) is 15.6. The van der Waals surface area contributed by atoms with Crippen LogP contribution in [0.15, 0.2) is 16.8 Å². The summed E-state index contributed by atoms with van der Waals surface area (Å²) in [5.41, 5.74) is 2.61. The number of hydrogen-bond donors (Lipinski definition) is 0. The van der Waals surface area contributed by atoms with Crippen LogP contribution in [0.4, 0.5) is 0 Å². The number of hydrogen-bond acceptors (Lipinski definition) is 8. The number of methoxy groups -OCH3 is 1. The summed E-state index contributed by atoms with van der Waals surface area (Å²) in [6.45, 7) is 17.8. The van der Waals surface area contributed by atoms with Gasteiger partial charge in [0.25, 0.3) is 0 Å². The fourth-order valence-corrected chi connectivity index (χ4v) is 13.4. The largest absolute Gasteiger partial charge is 0.469 e. The second-order valence-electron chi connectivity index (χ2n) is 18.5. The maximum Gasteiger partial charge on any atom is 0.335 e. The minimum Gasteiger partial charge on any atom is -0.469 e. The van der Waals surface area contributed by atoms with Crippen molar-refractivity contribution in [1.82, 2.24) is 4.90 Å². The van der Waals surface area contributed by atoms with Crippen molar-refractivity contribution in [2.24, 2.45) is 55.4 Å². The first-order chi connectivity index (χ1) is 22.9. The smallest absolute Gasteiger partial charge is 0.335 e. The zero-order chi connectivity index (χ0) is 35.6. The molecule has 7 nitrogen and oxygen atoms in total. The highest BCUT2D eigenvalue weighted by Crippen LogP contribution is 2.75. The van der Waals surface area contributed by atoms with E-state index in [4.69, 9.17) is 21.8 Å². The van der Waals surface area contributed by atoms with E-state index in [0.29, 0.717) is 41.3 Å². The average Bonchev–Trinajstić information content (AvgIpc) is 3.36. The van der Waals surface area contributed by atoms with Gasteiger partial charge in [-0.25, -0.2) is 4.79 Å². The lowest BCUT2D eigenvalue weighted by Crippen LogP contribution is -2.64. The molecule has 5 aliphatic carbocycles. The van der Waals surface area contributed by atoms with Crippen LogP contribution in [-0.2, 0) is 24.0 Å². The second-order valence-corrected chi connectivity index (χ2v) is 20.1. The Labute approximate surface area is 304 Å². The van der Waals surface area contributed by atoms with Crippen molar-refractivity contribution in [3.63, 3.8) is 0 Å². The lowest BCUT2D eigenvalue weighted by molar-refractivity contribution is -0.181. The van der Waals surface area contributed by atoms with Gasteiger partial charge in [-0.1, -0.05) is 95.7 Å². The first-order valence-electron chi connectivity index (χ1n) is 19.0. The van der Waals surface area contributed by atoms with E-state index in [1.54, 1.807) is 17.6 Å². The van der Waals surface area contributed by atoms with Crippen molar-refractivity contribution in [3.05, 3.63) is 11.6 Å². The Bertz CT molecular complexity index is 1440. The number of carbonyl (C=O) groups excluding carboxylic acids is 3. The predicted octanol–water partition coefficient (Wildman–Crippen LogP) is 9.28. The van der Waals surface area contributed by atoms with E-state index in [-0.39, 0.29) is 56.3 Å². The van der Waals surface area contributed by atoms with Crippen molar-refractivity contribution >= 4 is 51.9 Å². The number of oxime groups is 1. The van der Waals surface area contributed by atoms with Gasteiger partial charge < -0.3 is 9.57 Å². The Morgan fingerprint density at radius 1 is 0.980 bits per heavy atom. The molecular formula is C40H60N2O5S2. The van der Waals surface area contributed by atoms with Crippen molar-refractivity contribution in [1.29, 1.82) is 0 Å². The van der Waals surface area contributed by atoms with Gasteiger partial charge in [-0.3, -0.25) is 14.5 Å². The molecule has 0 aromatic rings. The molecule has 272 valence electrons. The third kappa shape index (κ3) is 5.96. The summed E-state index contributed by atoms with van der Waals surface area (Å²) in [7, 11) is 1.58. The summed E-state index contributed by atoms with van der Waals surface area (Å²) < 4.78 is 6.21. The summed E-state index contributed by atoms with van der Waals surface area (Å²) in [4.78, 5) is 45.5. The molecule has 0 spiro atoms. The number of unbranched alkanes of at least 4 members (excludes halogenated alkanes) is 2. The zero-order valence-corrected chi connectivity index (χ0v) is 33.0. The number of nitrogens with zero attached hydrogens (tertiary/aromatic N) is 2. The lowest BCUT2D eigenvalue weighted by atomic mass is 9.33. The van der Waals surface area contributed by atoms with Crippen LogP contribution < -0.4 is 0 Å². The molecule has 7 atom stereocenters. The third-order valence-electron chi connectivity index (χ3n) is 15.4. The van der Waals surface area contributed by atoms with Gasteiger partial charge >= 0.3 is 11.9 Å². The molecule has 0 aromatic carbocycles. The van der Waals surface area contributed by atoms with E-state index >= 15 is 0 Å². The highest BCUT2D eigenvalue weighted by atomic mass is 32.2. The molecule has 1 heterocycles. The van der Waals surface area contributed by atoms with Crippen molar-refractivity contribution in [2.45, 2.75) is 138 Å². The standard InChI is InChI=1S/C40H60N2O5S2/c1-35(2)19-21-40(33(45)46-8)22-20-38(6)26(27(40)24-35)13-14-29-37(5)17-16-30(36(3,4)28(37)15-18-39(29,38)7)41-47-32(44)12-10-9-11-23-42-31(43)25-49-34(42)48/h13,27-29H,9-12,14-25H2,1-8H3/b41-30-/t27-,28+,29-,37+,38-,39-,40+/m1/s1. The van der Waals surface area contributed by atoms with E-state index in [1.165, 1.54) is 11.8 Å². The Balaban J connectivity index is 1.14. The Morgan fingerprint density at radius 3 is 2.41 bits per heavy atom. The molecule has 4 saturated carbocycles. The van der Waals surface area contributed by atoms with Gasteiger partial charge in [-0.2, -0.15) is 0 Å². The van der Waals surface area contributed by atoms with Gasteiger partial charge in [0.05, 0.1) is 24.0 Å². The van der Waals surface area contributed by atoms with Gasteiger partial charge in [0.2, 0.25) is 5.91 Å². The maximum atomic E-state index is 13.5. The van der Waals surface area contributed by atoms with Crippen molar-refractivity contribution in [3.8, 4) is 0 Å². The quantitative estimate of drug-likeness (QED) is 0.0620. The molecule has 1 aliphatic heterocycles. The van der Waals surface area contributed by atoms with Gasteiger partial charge in [0.15, 0.2) is 0 Å². The minimum absolute atomic E-state index is 0.0139. The van der Waals surface area contributed by atoms with Crippen LogP contribution in [0.5, 0.6) is 0 Å². The molecule has 0 aromatic heterocycles. The van der Waals surface area contributed by atoms with Gasteiger partial charge in [0.1, 0.15) is 4.32 Å². The number of esters is 1. The summed E-state index contributed by atoms with van der Waals surface area (Å²) in [6, 6.07) is 0. The molecule has 9 heteroatoms. The monoisotopic (exact) mass is 712 g/mol. The molecule has 1 saturated heterocycles. The van der Waals surface area contributed by atoms with Crippen LogP contribution in [0.25, 0.3) is 0 Å². The molecule has 49 heavy (non-hydrogen) atoms. The number of carbonyl (C=O) groups is 3. The molecule has 5 fully saturated rings. The third-order valence-corrected chi connectivity index (χ3v) is 16.8. The first kappa shape index (κ1) is 37.0. The lowest BCUT2D eigenvalue weighted by Gasteiger charge is -2.70. The second kappa shape index (κ2) is 13.0. The number of amides is 1. The molecular weight excluding hydrogens is 653 g/mol. The normalized spacial score (nSPS) is 40.1. The molecule has 1 amide bonds. The number of fused-ring (bicyclic) bond motifs is 7. The van der Waals surface area contributed by atoms with E-state index in [0.717, 1.165) is 82.8 Å². The van der Waals surface area contributed by atoms with Gasteiger partial charge in [0, 0.05) is 18.4 Å². The number of rotatable bonds is 8. The van der Waals surface area contributed by atoms with Crippen LogP contribution >= 0.6 is 24.0 Å².